The Morgan fingerprint density at radius 1 is 0.483 bits per heavy atom. The summed E-state index contributed by atoms with van der Waals surface area (Å²) in [6.45, 7) is 7.83. The third-order valence-corrected chi connectivity index (χ3v) is 26.2. The number of aryl methyl sites for hydroxylation is 5. The standard InChI is InChI=1S/C18H14ClF2NO2S.C18H12ClF2NO2S.C16H19BF2O2.C11H7F5O3S.C10H8F2O.C8H5BrClNO2S/c2*1-25(23,24)16-6-5-13(18(19)14(16)9-22)12-4-2-3-10-7-11(20)8-15(21)17(10)12;1-15(2)16(3,4)21-17(20-15)12-7-5-6-10-8-11(18)9-13(19)14(10)12;12-7-4-6-2-1-3-9(10(6)8(13)5-7)19-20(17,18)11(14,15)16;11-7-4-6-2-1-3-9(13)10(6)8(12)5-7;1-14(12,13)7-3-2-6(9)8(10)5(7)4-11/h5-8,12H,2-4H2,1H3;4-8H,2-3H2,1H3;7-9H,5-6H2,1-4H3;3-5H,1-2H2;4-5H,1-3H2;2-3H,1H3. The summed E-state index contributed by atoms with van der Waals surface area (Å²) in [7, 11) is -17.2. The summed E-state index contributed by atoms with van der Waals surface area (Å²) < 4.78 is 281. The summed E-state index contributed by atoms with van der Waals surface area (Å²) >= 11 is 21.5. The number of sulfone groups is 3. The monoisotopic (exact) mass is 1840 g/mol. The van der Waals surface area contributed by atoms with E-state index in [2.05, 4.69) is 20.1 Å². The topological polar surface area (TPSA) is 253 Å². The molecular formula is C81H65BBrCl3F13N3O12S4. The van der Waals surface area contributed by atoms with Crippen LogP contribution in [0.25, 0.3) is 16.8 Å². The van der Waals surface area contributed by atoms with Crippen LogP contribution < -0.4 is 0 Å². The van der Waals surface area contributed by atoms with Crippen LogP contribution in [0.3, 0.4) is 0 Å². The lowest BCUT2D eigenvalue weighted by molar-refractivity contribution is -0.0509. The van der Waals surface area contributed by atoms with Crippen molar-refractivity contribution >= 4 is 120 Å². The summed E-state index contributed by atoms with van der Waals surface area (Å²) in [5.74, 6) is -8.59. The van der Waals surface area contributed by atoms with E-state index in [0.29, 0.717) is 124 Å². The van der Waals surface area contributed by atoms with Crippen molar-refractivity contribution in [2.45, 2.75) is 142 Å². The molecule has 1 fully saturated rings. The van der Waals surface area contributed by atoms with E-state index in [9.17, 15) is 106 Å². The van der Waals surface area contributed by atoms with Crippen LogP contribution in [0.5, 0.6) is 0 Å². The van der Waals surface area contributed by atoms with Gasteiger partial charge in [-0.3, -0.25) is 4.79 Å². The van der Waals surface area contributed by atoms with Crippen molar-refractivity contribution in [1.29, 1.82) is 15.8 Å². The van der Waals surface area contributed by atoms with Crippen LogP contribution in [0, 0.1) is 92.2 Å². The fraction of sp³-hybridized carbons (Fsp3) is 0.284. The summed E-state index contributed by atoms with van der Waals surface area (Å²) in [6, 6.07) is 23.7. The SMILES string of the molecule is CC1(C)OB(C2=CCCc3cc(F)cc(F)c32)OC1(C)C.CS(=O)(=O)c1ccc(Br)c(Cl)c1C#N.CS(=O)(=O)c1ccc(C2=CCCc3cc(F)cc(F)c32)c(Cl)c1C#N.CS(=O)(=O)c1ccc(C2CCCc3cc(F)cc(F)c32)c(Cl)c1C#N.O=C1CCCc2cc(F)cc(F)c21.O=S(=O)(OC1=CCCc2cc(F)cc(F)c21)C(F)(F)F. The third-order valence-electron chi connectivity index (χ3n) is 19.7. The molecule has 6 aliphatic rings. The molecule has 14 rings (SSSR count). The molecule has 37 heteroatoms. The van der Waals surface area contributed by atoms with Gasteiger partial charge in [0, 0.05) is 82.6 Å². The average Bonchev–Trinajstić information content (AvgIpc) is 1.56. The molecule has 5 aliphatic carbocycles. The van der Waals surface area contributed by atoms with Gasteiger partial charge in [-0.1, -0.05) is 59.1 Å². The van der Waals surface area contributed by atoms with Gasteiger partial charge in [0.2, 0.25) is 0 Å². The number of carbonyl (C=O) groups is 1. The first-order valence-corrected chi connectivity index (χ1v) is 44.2. The van der Waals surface area contributed by atoms with E-state index in [1.165, 1.54) is 60.7 Å². The summed E-state index contributed by atoms with van der Waals surface area (Å²) in [4.78, 5) is 10.9. The molecule has 118 heavy (non-hydrogen) atoms. The molecular weight excluding hydrogens is 1780 g/mol. The Labute approximate surface area is 695 Å². The molecule has 8 aromatic carbocycles. The molecule has 1 saturated heterocycles. The number of nitrogens with zero attached hydrogens (tertiary/aromatic N) is 3. The molecule has 1 aliphatic heterocycles. The van der Waals surface area contributed by atoms with Crippen molar-refractivity contribution in [3.8, 4) is 18.2 Å². The number of hydrogen-bond acceptors (Lipinski definition) is 15. The third kappa shape index (κ3) is 20.8. The highest BCUT2D eigenvalue weighted by Crippen LogP contribution is 2.47. The number of rotatable bonds is 8. The Morgan fingerprint density at radius 3 is 1.38 bits per heavy atom. The Bertz CT molecular complexity index is 6140. The molecule has 0 spiro atoms. The smallest absolute Gasteiger partial charge is 0.399 e. The number of halogens is 17. The number of ketones is 1. The van der Waals surface area contributed by atoms with Gasteiger partial charge in [-0.2, -0.15) is 37.4 Å². The van der Waals surface area contributed by atoms with Gasteiger partial charge >= 0.3 is 22.7 Å². The Morgan fingerprint density at radius 2 is 0.881 bits per heavy atom. The minimum atomic E-state index is -5.90. The zero-order valence-electron chi connectivity index (χ0n) is 62.9. The number of benzene rings is 8. The quantitative estimate of drug-likeness (QED) is 0.0593. The second-order valence-electron chi connectivity index (χ2n) is 28.4. The normalized spacial score (nSPS) is 16.3. The lowest BCUT2D eigenvalue weighted by Crippen LogP contribution is -2.41. The minimum absolute atomic E-state index is 0.00648. The maximum absolute atomic E-state index is 14.4. The highest BCUT2D eigenvalue weighted by Gasteiger charge is 2.54. The van der Waals surface area contributed by atoms with Gasteiger partial charge in [0.25, 0.3) is 0 Å². The molecule has 15 nitrogen and oxygen atoms in total. The van der Waals surface area contributed by atoms with E-state index in [1.807, 2.05) is 39.8 Å². The number of carbonyl (C=O) groups excluding carboxylic acids is 1. The number of hydrogen-bond donors (Lipinski definition) is 0. The second-order valence-corrected chi connectivity index (χ2v) is 37.9. The van der Waals surface area contributed by atoms with Gasteiger partial charge in [-0.15, -0.1) is 0 Å². The van der Waals surface area contributed by atoms with Gasteiger partial charge in [-0.25, -0.2) is 69.2 Å². The molecule has 0 saturated carbocycles. The van der Waals surface area contributed by atoms with Crippen LogP contribution in [0.1, 0.15) is 167 Å². The number of alkyl halides is 3. The van der Waals surface area contributed by atoms with Gasteiger partial charge < -0.3 is 13.5 Å². The van der Waals surface area contributed by atoms with Gasteiger partial charge in [0.05, 0.1) is 68.8 Å². The first kappa shape index (κ1) is 93.0. The summed E-state index contributed by atoms with van der Waals surface area (Å²) in [5.41, 5.74) is -2.02. The molecule has 1 heterocycles. The van der Waals surface area contributed by atoms with Gasteiger partial charge in [0.15, 0.2) is 35.3 Å². The highest BCUT2D eigenvalue weighted by molar-refractivity contribution is 9.10. The zero-order chi connectivity index (χ0) is 87.6. The van der Waals surface area contributed by atoms with E-state index >= 15 is 0 Å². The van der Waals surface area contributed by atoms with Gasteiger partial charge in [0.1, 0.15) is 82.1 Å². The Hall–Kier alpha value is -8.86. The van der Waals surface area contributed by atoms with E-state index in [1.54, 1.807) is 18.2 Å². The first-order valence-electron chi connectivity index (χ1n) is 35.2. The maximum Gasteiger partial charge on any atom is 0.534 e. The number of allylic oxidation sites excluding steroid dienone is 3. The van der Waals surface area contributed by atoms with Crippen molar-refractivity contribution < 1.29 is 109 Å². The highest BCUT2D eigenvalue weighted by atomic mass is 79.9. The minimum Gasteiger partial charge on any atom is -0.399 e. The lowest BCUT2D eigenvalue weighted by Gasteiger charge is -2.32. The fourth-order valence-corrected chi connectivity index (χ4v) is 18.1. The Kier molecular flexibility index (Phi) is 28.9. The fourth-order valence-electron chi connectivity index (χ4n) is 13.7. The predicted octanol–water partition coefficient (Wildman–Crippen LogP) is 20.5. The van der Waals surface area contributed by atoms with Crippen molar-refractivity contribution in [3.63, 3.8) is 0 Å². The van der Waals surface area contributed by atoms with Crippen LogP contribution in [-0.4, -0.2) is 82.1 Å². The predicted molar refractivity (Wildman–Crippen MR) is 420 cm³/mol. The largest absolute Gasteiger partial charge is 0.534 e. The second kappa shape index (κ2) is 36.6. The molecule has 0 amide bonds. The van der Waals surface area contributed by atoms with Crippen LogP contribution in [0.2, 0.25) is 15.1 Å². The molecule has 0 N–H and O–H groups in total. The number of nitriles is 3. The Balaban J connectivity index is 0.000000164. The van der Waals surface area contributed by atoms with Crippen LogP contribution in [-0.2, 0) is 85.2 Å². The van der Waals surface area contributed by atoms with E-state index in [4.69, 9.17) is 49.4 Å². The van der Waals surface area contributed by atoms with Crippen molar-refractivity contribution in [3.05, 3.63) is 276 Å². The number of fused-ring (bicyclic) bond motifs is 5. The summed E-state index contributed by atoms with van der Waals surface area (Å²) in [5, 5.41) is 27.5. The molecule has 0 radical (unpaired) electrons. The van der Waals surface area contributed by atoms with Crippen LogP contribution in [0.15, 0.2) is 134 Å². The summed E-state index contributed by atoms with van der Waals surface area (Å²) in [6.07, 6.45) is 13.9. The van der Waals surface area contributed by atoms with Crippen LogP contribution >= 0.6 is 50.7 Å². The number of Topliss-reactive ketones (excluding diaryl/α,β-unsaturated/α-hetero) is 1. The van der Waals surface area contributed by atoms with Crippen molar-refractivity contribution in [2.75, 3.05) is 18.8 Å². The van der Waals surface area contributed by atoms with Crippen molar-refractivity contribution in [2.24, 2.45) is 0 Å². The first-order chi connectivity index (χ1) is 54.9. The molecule has 1 unspecified atom stereocenters. The van der Waals surface area contributed by atoms with E-state index in [-0.39, 0.29) is 81.8 Å². The zero-order valence-corrected chi connectivity index (χ0v) is 70.0. The molecule has 0 aromatic heterocycles. The molecule has 8 aromatic rings. The van der Waals surface area contributed by atoms with E-state index in [0.717, 1.165) is 61.6 Å². The van der Waals surface area contributed by atoms with Gasteiger partial charge in [-0.05, 0) is 225 Å². The molecule has 0 bridgehead atoms. The van der Waals surface area contributed by atoms with Crippen LogP contribution in [0.4, 0.5) is 57.1 Å². The molecule has 1 atom stereocenters. The average molecular weight is 1840 g/mol. The maximum atomic E-state index is 14.4. The van der Waals surface area contributed by atoms with Crippen molar-refractivity contribution in [1.82, 2.24) is 0 Å². The molecule has 622 valence electrons. The lowest BCUT2D eigenvalue weighted by atomic mass is 9.69. The van der Waals surface area contributed by atoms with E-state index < -0.39 is 139 Å².